The Balaban J connectivity index is 1.70. The highest BCUT2D eigenvalue weighted by molar-refractivity contribution is 5.60. The van der Waals surface area contributed by atoms with Gasteiger partial charge in [0, 0.05) is 6.61 Å². The van der Waals surface area contributed by atoms with Gasteiger partial charge in [0.15, 0.2) is 0 Å². The fourth-order valence-corrected chi connectivity index (χ4v) is 5.57. The van der Waals surface area contributed by atoms with Crippen LogP contribution < -0.4 is 0 Å². The summed E-state index contributed by atoms with van der Waals surface area (Å²) in [6, 6.07) is 0. The standard InChI is InChI=1S/C28H52O4/c1-5-6-7-8-9-10-11-12-13-14-16-26(25-17-15-20-30-25)31-28(29)32-27-21-23(4)18-19-24(27)22(2)3/h22-27H,5-21H2,1-4H3. The molecule has 1 heterocycles. The number of carbonyl (C=O) groups excluding carboxylic acids is 1. The molecule has 4 heteroatoms. The third kappa shape index (κ3) is 10.4. The number of hydrogen-bond acceptors (Lipinski definition) is 4. The summed E-state index contributed by atoms with van der Waals surface area (Å²) in [5, 5.41) is 0. The number of hydrogen-bond donors (Lipinski definition) is 0. The molecular weight excluding hydrogens is 400 g/mol. The second-order valence-corrected chi connectivity index (χ2v) is 10.9. The molecule has 0 aromatic heterocycles. The van der Waals surface area contributed by atoms with E-state index in [0.29, 0.717) is 17.8 Å². The summed E-state index contributed by atoms with van der Waals surface area (Å²) in [4.78, 5) is 12.7. The molecule has 2 aliphatic rings. The van der Waals surface area contributed by atoms with Gasteiger partial charge in [0.1, 0.15) is 12.2 Å². The van der Waals surface area contributed by atoms with Gasteiger partial charge in [0.2, 0.25) is 0 Å². The number of carbonyl (C=O) groups is 1. The molecule has 188 valence electrons. The van der Waals surface area contributed by atoms with E-state index in [-0.39, 0.29) is 18.3 Å². The normalized spacial score (nSPS) is 26.9. The van der Waals surface area contributed by atoms with Crippen molar-refractivity contribution in [2.75, 3.05) is 6.61 Å². The van der Waals surface area contributed by atoms with Crippen LogP contribution in [0, 0.1) is 17.8 Å². The van der Waals surface area contributed by atoms with Gasteiger partial charge in [-0.3, -0.25) is 0 Å². The summed E-state index contributed by atoms with van der Waals surface area (Å²) < 4.78 is 17.7. The fourth-order valence-electron chi connectivity index (χ4n) is 5.57. The van der Waals surface area contributed by atoms with Crippen LogP contribution >= 0.6 is 0 Å². The van der Waals surface area contributed by atoms with Crippen LogP contribution in [-0.2, 0) is 14.2 Å². The molecule has 0 aromatic carbocycles. The zero-order valence-corrected chi connectivity index (χ0v) is 21.6. The van der Waals surface area contributed by atoms with Crippen molar-refractivity contribution in [3.63, 3.8) is 0 Å². The van der Waals surface area contributed by atoms with E-state index in [1.54, 1.807) is 0 Å². The molecule has 0 aromatic rings. The molecule has 0 radical (unpaired) electrons. The van der Waals surface area contributed by atoms with Crippen molar-refractivity contribution in [2.24, 2.45) is 17.8 Å². The monoisotopic (exact) mass is 452 g/mol. The molecule has 5 atom stereocenters. The SMILES string of the molecule is CCCCCCCCCCCCC(OC(=O)OC1CC(C)CCC1C(C)C)C1CCCO1. The highest BCUT2D eigenvalue weighted by atomic mass is 16.7. The lowest BCUT2D eigenvalue weighted by atomic mass is 9.75. The molecule has 2 rings (SSSR count). The van der Waals surface area contributed by atoms with Crippen LogP contribution in [0.4, 0.5) is 4.79 Å². The summed E-state index contributed by atoms with van der Waals surface area (Å²) in [6.07, 6.45) is 18.8. The van der Waals surface area contributed by atoms with E-state index in [1.165, 1.54) is 64.2 Å². The van der Waals surface area contributed by atoms with Crippen molar-refractivity contribution in [1.82, 2.24) is 0 Å². The molecule has 0 amide bonds. The van der Waals surface area contributed by atoms with Crippen LogP contribution in [0.3, 0.4) is 0 Å². The first kappa shape index (κ1) is 27.5. The quantitative estimate of drug-likeness (QED) is 0.185. The van der Waals surface area contributed by atoms with Crippen molar-refractivity contribution in [1.29, 1.82) is 0 Å². The minimum Gasteiger partial charge on any atom is -0.431 e. The number of rotatable bonds is 15. The molecule has 1 saturated heterocycles. The minimum absolute atomic E-state index is 0.00581. The lowest BCUT2D eigenvalue weighted by molar-refractivity contribution is -0.0749. The average molecular weight is 453 g/mol. The Kier molecular flexibility index (Phi) is 13.7. The highest BCUT2D eigenvalue weighted by Gasteiger charge is 2.35. The summed E-state index contributed by atoms with van der Waals surface area (Å²) >= 11 is 0. The summed E-state index contributed by atoms with van der Waals surface area (Å²) in [6.45, 7) is 9.80. The van der Waals surface area contributed by atoms with Crippen LogP contribution in [0.15, 0.2) is 0 Å². The van der Waals surface area contributed by atoms with Gasteiger partial charge < -0.3 is 14.2 Å². The molecule has 1 aliphatic heterocycles. The van der Waals surface area contributed by atoms with Gasteiger partial charge in [-0.2, -0.15) is 0 Å². The zero-order valence-electron chi connectivity index (χ0n) is 21.6. The van der Waals surface area contributed by atoms with Gasteiger partial charge in [-0.1, -0.05) is 91.9 Å². The fraction of sp³-hybridized carbons (Fsp3) is 0.964. The van der Waals surface area contributed by atoms with Gasteiger partial charge in [0.25, 0.3) is 0 Å². The average Bonchev–Trinajstić information content (AvgIpc) is 3.29. The predicted octanol–water partition coefficient (Wildman–Crippen LogP) is 8.46. The van der Waals surface area contributed by atoms with E-state index in [9.17, 15) is 4.79 Å². The molecule has 0 N–H and O–H groups in total. The third-order valence-electron chi connectivity index (χ3n) is 7.68. The van der Waals surface area contributed by atoms with E-state index in [0.717, 1.165) is 45.1 Å². The maximum Gasteiger partial charge on any atom is 0.508 e. The van der Waals surface area contributed by atoms with Crippen LogP contribution in [0.25, 0.3) is 0 Å². The van der Waals surface area contributed by atoms with Crippen LogP contribution in [0.2, 0.25) is 0 Å². The molecule has 4 nitrogen and oxygen atoms in total. The highest BCUT2D eigenvalue weighted by Crippen LogP contribution is 2.35. The van der Waals surface area contributed by atoms with Gasteiger partial charge >= 0.3 is 6.16 Å². The van der Waals surface area contributed by atoms with E-state index in [2.05, 4.69) is 27.7 Å². The minimum atomic E-state index is -0.470. The first-order chi connectivity index (χ1) is 15.5. The first-order valence-corrected chi connectivity index (χ1v) is 14.0. The largest absolute Gasteiger partial charge is 0.508 e. The Bertz CT molecular complexity index is 486. The van der Waals surface area contributed by atoms with Gasteiger partial charge in [-0.05, 0) is 56.3 Å². The molecule has 5 unspecified atom stereocenters. The maximum absolute atomic E-state index is 12.7. The maximum atomic E-state index is 12.7. The summed E-state index contributed by atoms with van der Waals surface area (Å²) in [5.74, 6) is 1.59. The molecule has 1 aliphatic carbocycles. The number of unbranched alkanes of at least 4 members (excludes halogenated alkanes) is 9. The number of ether oxygens (including phenoxy) is 3. The van der Waals surface area contributed by atoms with Crippen molar-refractivity contribution < 1.29 is 19.0 Å². The van der Waals surface area contributed by atoms with Gasteiger partial charge in [0.05, 0.1) is 6.10 Å². The third-order valence-corrected chi connectivity index (χ3v) is 7.68. The molecular formula is C28H52O4. The Morgan fingerprint density at radius 3 is 2.19 bits per heavy atom. The van der Waals surface area contributed by atoms with E-state index < -0.39 is 6.16 Å². The predicted molar refractivity (Wildman–Crippen MR) is 132 cm³/mol. The molecule has 0 spiro atoms. The lowest BCUT2D eigenvalue weighted by Crippen LogP contribution is -2.38. The second kappa shape index (κ2) is 16.0. The topological polar surface area (TPSA) is 44.8 Å². The van der Waals surface area contributed by atoms with E-state index in [4.69, 9.17) is 14.2 Å². The molecule has 1 saturated carbocycles. The first-order valence-electron chi connectivity index (χ1n) is 14.0. The van der Waals surface area contributed by atoms with Crippen molar-refractivity contribution in [3.05, 3.63) is 0 Å². The zero-order chi connectivity index (χ0) is 23.2. The van der Waals surface area contributed by atoms with Crippen LogP contribution in [-0.4, -0.2) is 31.1 Å². The van der Waals surface area contributed by atoms with Gasteiger partial charge in [-0.15, -0.1) is 0 Å². The molecule has 2 fully saturated rings. The Labute approximate surface area is 198 Å². The second-order valence-electron chi connectivity index (χ2n) is 10.9. The van der Waals surface area contributed by atoms with Crippen molar-refractivity contribution in [2.45, 2.75) is 149 Å². The van der Waals surface area contributed by atoms with Crippen molar-refractivity contribution in [3.8, 4) is 0 Å². The Hall–Kier alpha value is -0.770. The van der Waals surface area contributed by atoms with E-state index >= 15 is 0 Å². The Morgan fingerprint density at radius 2 is 1.59 bits per heavy atom. The lowest BCUT2D eigenvalue weighted by Gasteiger charge is -2.36. The molecule has 0 bridgehead atoms. The van der Waals surface area contributed by atoms with Crippen LogP contribution in [0.5, 0.6) is 0 Å². The summed E-state index contributed by atoms with van der Waals surface area (Å²) in [7, 11) is 0. The summed E-state index contributed by atoms with van der Waals surface area (Å²) in [5.41, 5.74) is 0. The Morgan fingerprint density at radius 1 is 0.938 bits per heavy atom. The van der Waals surface area contributed by atoms with Crippen LogP contribution in [0.1, 0.15) is 130 Å². The smallest absolute Gasteiger partial charge is 0.431 e. The van der Waals surface area contributed by atoms with E-state index in [1.807, 2.05) is 0 Å². The van der Waals surface area contributed by atoms with Gasteiger partial charge in [-0.25, -0.2) is 4.79 Å². The molecule has 32 heavy (non-hydrogen) atoms. The van der Waals surface area contributed by atoms with Crippen molar-refractivity contribution >= 4 is 6.16 Å².